The fraction of sp³-hybridized carbons (Fsp3) is 0.350. The Labute approximate surface area is 137 Å². The highest BCUT2D eigenvalue weighted by Gasteiger charge is 2.25. The number of nitrogens with zero attached hydrogens (tertiary/aromatic N) is 1. The third kappa shape index (κ3) is 3.62. The van der Waals surface area contributed by atoms with Crippen LogP contribution in [0.1, 0.15) is 25.3 Å². The Balaban J connectivity index is 1.75. The minimum absolute atomic E-state index is 0.0308. The van der Waals surface area contributed by atoms with Gasteiger partial charge in [-0.1, -0.05) is 42.5 Å². The lowest BCUT2D eigenvalue weighted by Crippen LogP contribution is -2.42. The van der Waals surface area contributed by atoms with E-state index in [1.807, 2.05) is 42.2 Å². The largest absolute Gasteiger partial charge is 0.393 e. The first-order valence-corrected chi connectivity index (χ1v) is 8.28. The van der Waals surface area contributed by atoms with E-state index in [4.69, 9.17) is 0 Å². The molecule has 2 aromatic carbocycles. The fourth-order valence-corrected chi connectivity index (χ4v) is 3.27. The van der Waals surface area contributed by atoms with E-state index in [0.29, 0.717) is 6.54 Å². The third-order valence-corrected chi connectivity index (χ3v) is 4.68. The summed E-state index contributed by atoms with van der Waals surface area (Å²) in [5.41, 5.74) is 1.06. The maximum Gasteiger partial charge on any atom is 0.246 e. The lowest BCUT2D eigenvalue weighted by molar-refractivity contribution is -0.128. The molecule has 2 unspecified atom stereocenters. The average molecular weight is 309 g/mol. The van der Waals surface area contributed by atoms with Crippen molar-refractivity contribution in [3.8, 4) is 0 Å². The van der Waals surface area contributed by atoms with Crippen molar-refractivity contribution in [3.05, 3.63) is 54.1 Å². The normalized spacial score (nSPS) is 20.1. The summed E-state index contributed by atoms with van der Waals surface area (Å²) in [6, 6.07) is 14.3. The highest BCUT2D eigenvalue weighted by atomic mass is 16.3. The summed E-state index contributed by atoms with van der Waals surface area (Å²) < 4.78 is 0. The summed E-state index contributed by atoms with van der Waals surface area (Å²) in [5.74, 6) is 0.224. The van der Waals surface area contributed by atoms with Gasteiger partial charge in [-0.2, -0.15) is 0 Å². The quantitative estimate of drug-likeness (QED) is 0.882. The standard InChI is InChI=1S/C20H23NO2/c1-15(22)18-9-5-13-21(14-18)20(23)12-11-17-8-4-7-16-6-2-3-10-19(16)17/h2-4,6-8,10-12,15,18,22H,5,9,13-14H2,1H3/b12-11+. The van der Waals surface area contributed by atoms with E-state index in [1.54, 1.807) is 6.08 Å². The minimum atomic E-state index is -0.354. The number of hydrogen-bond acceptors (Lipinski definition) is 2. The topological polar surface area (TPSA) is 40.5 Å². The van der Waals surface area contributed by atoms with Crippen LogP contribution in [0.3, 0.4) is 0 Å². The Morgan fingerprint density at radius 2 is 2.04 bits per heavy atom. The number of aliphatic hydroxyl groups excluding tert-OH is 1. The molecule has 1 amide bonds. The zero-order valence-corrected chi connectivity index (χ0v) is 13.5. The van der Waals surface area contributed by atoms with Gasteiger partial charge in [0.2, 0.25) is 5.91 Å². The monoisotopic (exact) mass is 309 g/mol. The summed E-state index contributed by atoms with van der Waals surface area (Å²) in [4.78, 5) is 14.3. The first-order valence-electron chi connectivity index (χ1n) is 8.28. The predicted molar refractivity (Wildman–Crippen MR) is 94.0 cm³/mol. The molecule has 0 saturated carbocycles. The molecule has 3 rings (SSSR count). The van der Waals surface area contributed by atoms with E-state index in [2.05, 4.69) is 18.2 Å². The van der Waals surface area contributed by atoms with Crippen molar-refractivity contribution < 1.29 is 9.90 Å². The minimum Gasteiger partial charge on any atom is -0.393 e. The average Bonchev–Trinajstić information content (AvgIpc) is 2.59. The SMILES string of the molecule is CC(O)C1CCCN(C(=O)/C=C/c2cccc3ccccc23)C1. The number of aliphatic hydroxyl groups is 1. The maximum absolute atomic E-state index is 12.4. The Hall–Kier alpha value is -2.13. The number of likely N-dealkylation sites (tertiary alicyclic amines) is 1. The molecule has 0 radical (unpaired) electrons. The highest BCUT2D eigenvalue weighted by molar-refractivity contribution is 5.96. The number of hydrogen-bond donors (Lipinski definition) is 1. The molecule has 1 fully saturated rings. The smallest absolute Gasteiger partial charge is 0.246 e. The number of carbonyl (C=O) groups is 1. The second-order valence-corrected chi connectivity index (χ2v) is 6.33. The van der Waals surface area contributed by atoms with Gasteiger partial charge >= 0.3 is 0 Å². The van der Waals surface area contributed by atoms with Crippen molar-refractivity contribution in [2.75, 3.05) is 13.1 Å². The molecular weight excluding hydrogens is 286 g/mol. The van der Waals surface area contributed by atoms with Gasteiger partial charge in [0.1, 0.15) is 0 Å². The van der Waals surface area contributed by atoms with Gasteiger partial charge in [-0.25, -0.2) is 0 Å². The van der Waals surface area contributed by atoms with Crippen LogP contribution in [-0.4, -0.2) is 35.1 Å². The zero-order chi connectivity index (χ0) is 16.2. The van der Waals surface area contributed by atoms with Crippen LogP contribution in [0.5, 0.6) is 0 Å². The molecule has 3 nitrogen and oxygen atoms in total. The van der Waals surface area contributed by atoms with Gasteiger partial charge < -0.3 is 10.0 Å². The number of fused-ring (bicyclic) bond motifs is 1. The van der Waals surface area contributed by atoms with Gasteiger partial charge in [-0.3, -0.25) is 4.79 Å². The van der Waals surface area contributed by atoms with Gasteiger partial charge in [0.15, 0.2) is 0 Å². The summed E-state index contributed by atoms with van der Waals surface area (Å²) >= 11 is 0. The summed E-state index contributed by atoms with van der Waals surface area (Å²) in [6.07, 6.45) is 5.16. The summed E-state index contributed by atoms with van der Waals surface area (Å²) in [7, 11) is 0. The van der Waals surface area contributed by atoms with Gasteiger partial charge in [0.05, 0.1) is 6.10 Å². The summed E-state index contributed by atoms with van der Waals surface area (Å²) in [6.45, 7) is 3.24. The van der Waals surface area contributed by atoms with Crippen molar-refractivity contribution in [1.82, 2.24) is 4.90 Å². The molecule has 1 N–H and O–H groups in total. The number of piperidine rings is 1. The van der Waals surface area contributed by atoms with E-state index in [0.717, 1.165) is 30.3 Å². The van der Waals surface area contributed by atoms with Gasteiger partial charge in [-0.15, -0.1) is 0 Å². The fourth-order valence-electron chi connectivity index (χ4n) is 3.27. The molecule has 0 aliphatic carbocycles. The van der Waals surface area contributed by atoms with E-state index >= 15 is 0 Å². The van der Waals surface area contributed by atoms with Crippen molar-refractivity contribution >= 4 is 22.8 Å². The van der Waals surface area contributed by atoms with Crippen LogP contribution < -0.4 is 0 Å². The van der Waals surface area contributed by atoms with Crippen LogP contribution in [0.15, 0.2) is 48.5 Å². The molecule has 2 aromatic rings. The lowest BCUT2D eigenvalue weighted by Gasteiger charge is -2.33. The molecule has 1 aliphatic rings. The Morgan fingerprint density at radius 1 is 1.26 bits per heavy atom. The molecule has 0 bridgehead atoms. The second kappa shape index (κ2) is 6.97. The van der Waals surface area contributed by atoms with Crippen molar-refractivity contribution in [2.45, 2.75) is 25.9 Å². The van der Waals surface area contributed by atoms with E-state index in [1.165, 1.54) is 5.39 Å². The molecule has 1 heterocycles. The van der Waals surface area contributed by atoms with Crippen molar-refractivity contribution in [3.63, 3.8) is 0 Å². The molecule has 1 aliphatic heterocycles. The molecule has 3 heteroatoms. The van der Waals surface area contributed by atoms with E-state index < -0.39 is 0 Å². The van der Waals surface area contributed by atoms with Gasteiger partial charge in [0.25, 0.3) is 0 Å². The molecule has 120 valence electrons. The van der Waals surface area contributed by atoms with Crippen molar-refractivity contribution in [2.24, 2.45) is 5.92 Å². The number of benzene rings is 2. The van der Waals surface area contributed by atoms with Crippen LogP contribution in [0.25, 0.3) is 16.8 Å². The number of carbonyl (C=O) groups excluding carboxylic acids is 1. The van der Waals surface area contributed by atoms with E-state index in [9.17, 15) is 9.90 Å². The van der Waals surface area contributed by atoms with Crippen LogP contribution in [0, 0.1) is 5.92 Å². The zero-order valence-electron chi connectivity index (χ0n) is 13.5. The molecule has 0 aromatic heterocycles. The predicted octanol–water partition coefficient (Wildman–Crippen LogP) is 3.47. The summed E-state index contributed by atoms with van der Waals surface area (Å²) in [5, 5.41) is 12.1. The van der Waals surface area contributed by atoms with Gasteiger partial charge in [0, 0.05) is 25.1 Å². The Kier molecular flexibility index (Phi) is 4.77. The molecule has 1 saturated heterocycles. The Bertz CT molecular complexity index is 715. The van der Waals surface area contributed by atoms with Crippen LogP contribution >= 0.6 is 0 Å². The molecule has 2 atom stereocenters. The van der Waals surface area contributed by atoms with Gasteiger partial charge in [-0.05, 0) is 42.2 Å². The maximum atomic E-state index is 12.4. The molecular formula is C20H23NO2. The first-order chi connectivity index (χ1) is 11.1. The molecule has 0 spiro atoms. The van der Waals surface area contributed by atoms with E-state index in [-0.39, 0.29) is 17.9 Å². The Morgan fingerprint density at radius 3 is 2.87 bits per heavy atom. The van der Waals surface area contributed by atoms with Crippen LogP contribution in [-0.2, 0) is 4.79 Å². The first kappa shape index (κ1) is 15.8. The van der Waals surface area contributed by atoms with Crippen LogP contribution in [0.4, 0.5) is 0 Å². The third-order valence-electron chi connectivity index (χ3n) is 4.68. The number of rotatable bonds is 3. The lowest BCUT2D eigenvalue weighted by atomic mass is 9.93. The molecule has 23 heavy (non-hydrogen) atoms. The van der Waals surface area contributed by atoms with Crippen molar-refractivity contribution in [1.29, 1.82) is 0 Å². The highest BCUT2D eigenvalue weighted by Crippen LogP contribution is 2.22. The second-order valence-electron chi connectivity index (χ2n) is 6.33. The number of amides is 1. The van der Waals surface area contributed by atoms with Crippen LogP contribution in [0.2, 0.25) is 0 Å².